The lowest BCUT2D eigenvalue weighted by molar-refractivity contribution is -0.141. The number of benzene rings is 3. The van der Waals surface area contributed by atoms with E-state index < -0.39 is 71.8 Å². The van der Waals surface area contributed by atoms with Gasteiger partial charge in [-0.15, -0.1) is 0 Å². The van der Waals surface area contributed by atoms with E-state index in [1.54, 1.807) is 9.80 Å². The second kappa shape index (κ2) is 33.6. The molecule has 0 heterocycles. The number of nitrogens with zero attached hydrogens (tertiary/aromatic N) is 2. The SMILES string of the molecule is O=C(O)CCC[C@H](NC(=O)NC(CCCCCNC(=O)[C@H](Cc1c2ccccc2cc2ccccc12)NC(=O)C1CCC(CNC(=O)CN(CCNCC(=O)O)CCN(CCNCC(=O)O)CC(=O)O)CC1)C(=O)O)C(=O)O. The smallest absolute Gasteiger partial charge is 0.326 e. The van der Waals surface area contributed by atoms with Crippen molar-refractivity contribution in [3.05, 3.63) is 60.2 Å². The highest BCUT2D eigenvalue weighted by Gasteiger charge is 2.31. The van der Waals surface area contributed by atoms with Crippen LogP contribution in [0.15, 0.2) is 54.6 Å². The molecule has 4 rings (SSSR count). The fourth-order valence-corrected chi connectivity index (χ4v) is 9.37. The maximum atomic E-state index is 14.1. The van der Waals surface area contributed by atoms with Crippen molar-refractivity contribution in [3.63, 3.8) is 0 Å². The molecule has 1 fully saturated rings. The van der Waals surface area contributed by atoms with E-state index in [1.165, 1.54) is 0 Å². The maximum absolute atomic E-state index is 14.1. The number of carbonyl (C=O) groups is 10. The first-order chi connectivity index (χ1) is 37.3. The van der Waals surface area contributed by atoms with Gasteiger partial charge in [-0.05, 0) is 90.5 Å². The Balaban J connectivity index is 1.34. The van der Waals surface area contributed by atoms with Crippen molar-refractivity contribution < 1.29 is 78.6 Å². The average Bonchev–Trinajstić information content (AvgIpc) is 3.47. The number of carboxylic acids is 6. The molecule has 1 unspecified atom stereocenters. The van der Waals surface area contributed by atoms with Gasteiger partial charge in [-0.25, -0.2) is 14.4 Å². The summed E-state index contributed by atoms with van der Waals surface area (Å²) < 4.78 is 0. The minimum atomic E-state index is -1.42. The molecule has 3 atom stereocenters. The van der Waals surface area contributed by atoms with Gasteiger partial charge in [-0.3, -0.25) is 43.4 Å². The van der Waals surface area contributed by atoms with Crippen LogP contribution in [0, 0.1) is 11.8 Å². The molecular weight excluding hydrogens is 1020 g/mol. The third kappa shape index (κ3) is 23.4. The first-order valence-electron chi connectivity index (χ1n) is 26.3. The molecule has 0 bridgehead atoms. The van der Waals surface area contributed by atoms with Gasteiger partial charge in [0.15, 0.2) is 0 Å². The van der Waals surface area contributed by atoms with Crippen molar-refractivity contribution in [2.45, 2.75) is 95.2 Å². The predicted molar refractivity (Wildman–Crippen MR) is 285 cm³/mol. The Hall–Kier alpha value is -7.48. The molecule has 0 spiro atoms. The Morgan fingerprint density at radius 3 is 1.60 bits per heavy atom. The first-order valence-corrected chi connectivity index (χ1v) is 26.3. The molecule has 5 amide bonds. The summed E-state index contributed by atoms with van der Waals surface area (Å²) in [6.45, 7) is 1.09. The van der Waals surface area contributed by atoms with E-state index in [-0.39, 0.29) is 122 Å². The predicted octanol–water partition coefficient (Wildman–Crippen LogP) is 1.12. The molecule has 0 radical (unpaired) electrons. The highest BCUT2D eigenvalue weighted by Crippen LogP contribution is 2.31. The highest BCUT2D eigenvalue weighted by molar-refractivity contribution is 6.03. The lowest BCUT2D eigenvalue weighted by Crippen LogP contribution is -2.51. The second-order valence-corrected chi connectivity index (χ2v) is 19.5. The number of nitrogens with one attached hydrogen (secondary N) is 7. The molecule has 78 heavy (non-hydrogen) atoms. The Morgan fingerprint density at radius 2 is 1.08 bits per heavy atom. The number of hydrogen-bond donors (Lipinski definition) is 13. The summed E-state index contributed by atoms with van der Waals surface area (Å²) in [5, 5.41) is 78.2. The van der Waals surface area contributed by atoms with Crippen LogP contribution in [0.25, 0.3) is 21.5 Å². The maximum Gasteiger partial charge on any atom is 0.326 e. The lowest BCUT2D eigenvalue weighted by atomic mass is 9.81. The summed E-state index contributed by atoms with van der Waals surface area (Å²) in [7, 11) is 0. The average molecular weight is 1090 g/mol. The topological polar surface area (TPSA) is 383 Å². The molecule has 1 saturated carbocycles. The molecular formula is C53H75N9O16. The number of amides is 5. The van der Waals surface area contributed by atoms with Crippen molar-refractivity contribution in [1.82, 2.24) is 47.0 Å². The number of aliphatic carboxylic acids is 6. The lowest BCUT2D eigenvalue weighted by Gasteiger charge is -2.30. The molecule has 0 aromatic heterocycles. The van der Waals surface area contributed by atoms with Crippen LogP contribution in [0.1, 0.15) is 76.2 Å². The standard InChI is InChI=1S/C53H75N9O16/c63-44(32-61(23-21-54-30-46(66)67)25-26-62(33-48(70)71)24-22-55-31-47(68)69)57-29-34-16-18-35(19-17-34)49(72)58-43(28-40-38-11-5-3-9-36(38)27-37-10-4-6-12-39(37)40)50(73)56-20-7-1-2-13-41(51(74)75)59-53(78)60-42(52(76)77)14-8-15-45(64)65/h3-6,9-12,27,34-35,41-43,54-55H,1-2,7-8,13-26,28-33H2,(H,56,73)(H,57,63)(H,58,72)(H,64,65)(H,66,67)(H,68,69)(H,70,71)(H,74,75)(H,76,77)(H2,59,60,78)/t34?,35?,41?,42-,43-/m0/s1. The zero-order chi connectivity index (χ0) is 57.0. The fourth-order valence-electron chi connectivity index (χ4n) is 9.37. The molecule has 3 aromatic rings. The number of rotatable bonds is 38. The zero-order valence-corrected chi connectivity index (χ0v) is 43.7. The number of urea groups is 1. The zero-order valence-electron chi connectivity index (χ0n) is 43.7. The minimum absolute atomic E-state index is 0.00114. The van der Waals surface area contributed by atoms with Gasteiger partial charge in [0.2, 0.25) is 17.7 Å². The van der Waals surface area contributed by atoms with E-state index in [4.69, 9.17) is 15.3 Å². The Kier molecular flexibility index (Phi) is 27.2. The van der Waals surface area contributed by atoms with E-state index >= 15 is 0 Å². The molecule has 0 aliphatic heterocycles. The van der Waals surface area contributed by atoms with Gasteiger partial charge in [-0.1, -0.05) is 61.4 Å². The van der Waals surface area contributed by atoms with E-state index in [1.807, 2.05) is 48.5 Å². The minimum Gasteiger partial charge on any atom is -0.481 e. The van der Waals surface area contributed by atoms with Crippen LogP contribution >= 0.6 is 0 Å². The van der Waals surface area contributed by atoms with Gasteiger partial charge in [0.1, 0.15) is 18.1 Å². The van der Waals surface area contributed by atoms with Crippen molar-refractivity contribution >= 4 is 81.1 Å². The monoisotopic (exact) mass is 1090 g/mol. The van der Waals surface area contributed by atoms with Crippen LogP contribution < -0.4 is 37.2 Å². The normalized spacial score (nSPS) is 15.5. The van der Waals surface area contributed by atoms with Gasteiger partial charge in [0.05, 0.1) is 26.2 Å². The van der Waals surface area contributed by atoms with Crippen molar-refractivity contribution in [1.29, 1.82) is 0 Å². The van der Waals surface area contributed by atoms with Crippen LogP contribution in [0.4, 0.5) is 4.79 Å². The van der Waals surface area contributed by atoms with E-state index in [9.17, 15) is 63.3 Å². The van der Waals surface area contributed by atoms with Crippen molar-refractivity contribution in [3.8, 4) is 0 Å². The summed E-state index contributed by atoms with van der Waals surface area (Å²) in [5.41, 5.74) is 0.882. The number of carboxylic acid groups (broad SMARTS) is 6. The summed E-state index contributed by atoms with van der Waals surface area (Å²) >= 11 is 0. The fraction of sp³-hybridized carbons (Fsp3) is 0.547. The third-order valence-corrected chi connectivity index (χ3v) is 13.5. The van der Waals surface area contributed by atoms with Gasteiger partial charge >= 0.3 is 41.8 Å². The molecule has 1 aliphatic carbocycles. The Morgan fingerprint density at radius 1 is 0.538 bits per heavy atom. The molecule has 25 heteroatoms. The van der Waals surface area contributed by atoms with Gasteiger partial charge in [-0.2, -0.15) is 0 Å². The van der Waals surface area contributed by atoms with Gasteiger partial charge in [0.25, 0.3) is 0 Å². The van der Waals surface area contributed by atoms with Crippen LogP contribution in [-0.2, 0) is 49.6 Å². The first kappa shape index (κ1) is 63.1. The molecule has 0 saturated heterocycles. The molecule has 3 aromatic carbocycles. The van der Waals surface area contributed by atoms with Crippen LogP contribution in [-0.4, -0.2) is 197 Å². The summed E-state index contributed by atoms with van der Waals surface area (Å²) in [6, 6.07) is 12.9. The molecule has 1 aliphatic rings. The Labute approximate surface area is 451 Å². The van der Waals surface area contributed by atoms with Crippen molar-refractivity contribution in [2.75, 3.05) is 78.5 Å². The summed E-state index contributed by atoms with van der Waals surface area (Å²) in [5.74, 6) is -8.38. The third-order valence-electron chi connectivity index (χ3n) is 13.5. The summed E-state index contributed by atoms with van der Waals surface area (Å²) in [6.07, 6.45) is 3.12. The van der Waals surface area contributed by atoms with Crippen LogP contribution in [0.3, 0.4) is 0 Å². The largest absolute Gasteiger partial charge is 0.481 e. The van der Waals surface area contributed by atoms with Crippen LogP contribution in [0.5, 0.6) is 0 Å². The van der Waals surface area contributed by atoms with E-state index in [2.05, 4.69) is 43.3 Å². The van der Waals surface area contributed by atoms with Crippen molar-refractivity contribution in [2.24, 2.45) is 11.8 Å². The number of fused-ring (bicyclic) bond motifs is 2. The second-order valence-electron chi connectivity index (χ2n) is 19.5. The van der Waals surface area contributed by atoms with E-state index in [0.717, 1.165) is 27.1 Å². The molecule has 13 N–H and O–H groups in total. The summed E-state index contributed by atoms with van der Waals surface area (Å²) in [4.78, 5) is 125. The van der Waals surface area contributed by atoms with E-state index in [0.29, 0.717) is 51.5 Å². The van der Waals surface area contributed by atoms with Gasteiger partial charge in [0, 0.05) is 71.1 Å². The molecule has 428 valence electrons. The van der Waals surface area contributed by atoms with Gasteiger partial charge < -0.3 is 67.9 Å². The molecule has 25 nitrogen and oxygen atoms in total. The highest BCUT2D eigenvalue weighted by atomic mass is 16.4. The van der Waals surface area contributed by atoms with Crippen LogP contribution in [0.2, 0.25) is 0 Å². The number of carbonyl (C=O) groups excluding carboxylic acids is 4. The number of unbranched alkanes of at least 4 members (excludes halogenated alkanes) is 2. The quantitative estimate of drug-likeness (QED) is 0.0282. The number of hydrogen-bond acceptors (Lipinski definition) is 14. The Bertz CT molecular complexity index is 2470.